The number of aromatic nitrogens is 3. The Hall–Kier alpha value is -2.44. The molecular formula is C20H27N5O2. The lowest BCUT2D eigenvalue weighted by Gasteiger charge is -2.48. The van der Waals surface area contributed by atoms with E-state index in [1.54, 1.807) is 0 Å². The van der Waals surface area contributed by atoms with E-state index in [4.69, 9.17) is 0 Å². The Bertz CT molecular complexity index is 848. The van der Waals surface area contributed by atoms with Crippen LogP contribution in [0.1, 0.15) is 39.0 Å². The summed E-state index contributed by atoms with van der Waals surface area (Å²) in [5.74, 6) is 0.429. The smallest absolute Gasteiger partial charge is 0.224 e. The number of hydrogen-bond acceptors (Lipinski definition) is 4. The Balaban J connectivity index is 1.39. The van der Waals surface area contributed by atoms with Crippen molar-refractivity contribution in [2.45, 2.75) is 45.6 Å². The summed E-state index contributed by atoms with van der Waals surface area (Å²) in [6, 6.07) is 7.81. The summed E-state index contributed by atoms with van der Waals surface area (Å²) < 4.78 is 1.81. The van der Waals surface area contributed by atoms with E-state index in [0.717, 1.165) is 56.5 Å². The van der Waals surface area contributed by atoms with Crippen LogP contribution in [0.4, 0.5) is 0 Å². The monoisotopic (exact) mass is 369 g/mol. The lowest BCUT2D eigenvalue weighted by atomic mass is 9.73. The normalized spacial score (nSPS) is 23.4. The zero-order chi connectivity index (χ0) is 18.9. The molecule has 0 radical (unpaired) electrons. The molecule has 0 unspecified atom stereocenters. The molecule has 144 valence electrons. The van der Waals surface area contributed by atoms with Gasteiger partial charge in [0.2, 0.25) is 11.8 Å². The Morgan fingerprint density at radius 2 is 2.07 bits per heavy atom. The van der Waals surface area contributed by atoms with Crippen molar-refractivity contribution in [1.29, 1.82) is 0 Å². The molecular weight excluding hydrogens is 342 g/mol. The van der Waals surface area contributed by atoms with Gasteiger partial charge in [0, 0.05) is 44.4 Å². The lowest BCUT2D eigenvalue weighted by Crippen LogP contribution is -2.55. The van der Waals surface area contributed by atoms with Crippen molar-refractivity contribution in [2.75, 3.05) is 26.2 Å². The van der Waals surface area contributed by atoms with Crippen LogP contribution in [0.25, 0.3) is 11.0 Å². The van der Waals surface area contributed by atoms with Gasteiger partial charge in [-0.15, -0.1) is 5.10 Å². The standard InChI is InChI=1S/C20H27N5O2/c1-2-23-14-20(11-8-18(23)26)10-5-12-24(15-20)19(27)9-13-25-17-7-4-3-6-16(17)21-22-25/h3-4,6-7H,2,5,8-15H2,1H3/t20-/m1/s1. The summed E-state index contributed by atoms with van der Waals surface area (Å²) in [7, 11) is 0. The number of carbonyl (C=O) groups excluding carboxylic acids is 2. The molecule has 2 saturated heterocycles. The summed E-state index contributed by atoms with van der Waals surface area (Å²) >= 11 is 0. The lowest BCUT2D eigenvalue weighted by molar-refractivity contribution is -0.142. The second-order valence-electron chi connectivity index (χ2n) is 7.88. The maximum absolute atomic E-state index is 12.9. The number of hydrogen-bond donors (Lipinski definition) is 0. The molecule has 1 aromatic heterocycles. The van der Waals surface area contributed by atoms with Crippen LogP contribution >= 0.6 is 0 Å². The Morgan fingerprint density at radius 1 is 1.22 bits per heavy atom. The van der Waals surface area contributed by atoms with Gasteiger partial charge in [0.1, 0.15) is 5.52 Å². The van der Waals surface area contributed by atoms with Crippen molar-refractivity contribution in [3.8, 4) is 0 Å². The number of amides is 2. The summed E-state index contributed by atoms with van der Waals surface area (Å²) in [4.78, 5) is 28.9. The van der Waals surface area contributed by atoms with Crippen molar-refractivity contribution >= 4 is 22.8 Å². The highest BCUT2D eigenvalue weighted by Crippen LogP contribution is 2.39. The van der Waals surface area contributed by atoms with Crippen molar-refractivity contribution < 1.29 is 9.59 Å². The van der Waals surface area contributed by atoms with Gasteiger partial charge < -0.3 is 9.80 Å². The predicted octanol–water partition coefficient (Wildman–Crippen LogP) is 2.07. The minimum Gasteiger partial charge on any atom is -0.342 e. The fraction of sp³-hybridized carbons (Fsp3) is 0.600. The number of carbonyl (C=O) groups is 2. The molecule has 1 atom stereocenters. The fourth-order valence-corrected chi connectivity index (χ4v) is 4.59. The SMILES string of the molecule is CCN1C[C@@]2(CCCN(C(=O)CCn3nnc4ccccc43)C2)CCC1=O. The molecule has 4 rings (SSSR count). The average Bonchev–Trinajstić information content (AvgIpc) is 3.11. The van der Waals surface area contributed by atoms with E-state index in [1.807, 2.05) is 45.7 Å². The molecule has 2 aromatic rings. The fourth-order valence-electron chi connectivity index (χ4n) is 4.59. The zero-order valence-corrected chi connectivity index (χ0v) is 15.9. The molecule has 2 amide bonds. The first kappa shape index (κ1) is 17.9. The molecule has 0 saturated carbocycles. The molecule has 7 nitrogen and oxygen atoms in total. The zero-order valence-electron chi connectivity index (χ0n) is 15.9. The number of para-hydroxylation sites is 1. The molecule has 3 heterocycles. The third-order valence-corrected chi connectivity index (χ3v) is 6.10. The van der Waals surface area contributed by atoms with E-state index in [-0.39, 0.29) is 17.2 Å². The first-order valence-corrected chi connectivity index (χ1v) is 9.94. The van der Waals surface area contributed by atoms with Crippen LogP contribution in [0.2, 0.25) is 0 Å². The molecule has 1 spiro atoms. The number of fused-ring (bicyclic) bond motifs is 1. The summed E-state index contributed by atoms with van der Waals surface area (Å²) in [6.07, 6.45) is 4.07. The van der Waals surface area contributed by atoms with E-state index < -0.39 is 0 Å². The van der Waals surface area contributed by atoms with Gasteiger partial charge in [-0.1, -0.05) is 17.3 Å². The van der Waals surface area contributed by atoms with E-state index in [1.165, 1.54) is 0 Å². The average molecular weight is 369 g/mol. The quantitative estimate of drug-likeness (QED) is 0.827. The van der Waals surface area contributed by atoms with Crippen molar-refractivity contribution in [2.24, 2.45) is 5.41 Å². The van der Waals surface area contributed by atoms with Crippen LogP contribution < -0.4 is 0 Å². The van der Waals surface area contributed by atoms with E-state index >= 15 is 0 Å². The van der Waals surface area contributed by atoms with Crippen LogP contribution in [0.5, 0.6) is 0 Å². The van der Waals surface area contributed by atoms with Crippen LogP contribution in [0.3, 0.4) is 0 Å². The maximum atomic E-state index is 12.9. The number of nitrogens with zero attached hydrogens (tertiary/aromatic N) is 5. The number of rotatable bonds is 4. The Labute approximate surface area is 159 Å². The highest BCUT2D eigenvalue weighted by Gasteiger charge is 2.42. The molecule has 7 heteroatoms. The van der Waals surface area contributed by atoms with Gasteiger partial charge in [0.05, 0.1) is 12.1 Å². The molecule has 2 aliphatic heterocycles. The number of piperidine rings is 2. The number of aryl methyl sites for hydroxylation is 1. The van der Waals surface area contributed by atoms with E-state index in [2.05, 4.69) is 10.3 Å². The first-order chi connectivity index (χ1) is 13.1. The Kier molecular flexibility index (Phi) is 4.85. The molecule has 27 heavy (non-hydrogen) atoms. The number of likely N-dealkylation sites (tertiary alicyclic amines) is 2. The summed E-state index contributed by atoms with van der Waals surface area (Å²) in [5, 5.41) is 8.33. The summed E-state index contributed by atoms with van der Waals surface area (Å²) in [6.45, 7) is 5.72. The number of benzene rings is 1. The van der Waals surface area contributed by atoms with Crippen LogP contribution in [-0.2, 0) is 16.1 Å². The summed E-state index contributed by atoms with van der Waals surface area (Å²) in [5.41, 5.74) is 1.90. The van der Waals surface area contributed by atoms with Gasteiger partial charge in [-0.2, -0.15) is 0 Å². The minimum atomic E-state index is 0.0811. The minimum absolute atomic E-state index is 0.0811. The molecule has 0 N–H and O–H groups in total. The van der Waals surface area contributed by atoms with Gasteiger partial charge in [-0.25, -0.2) is 4.68 Å². The van der Waals surface area contributed by atoms with Crippen LogP contribution in [0.15, 0.2) is 24.3 Å². The second-order valence-corrected chi connectivity index (χ2v) is 7.88. The van der Waals surface area contributed by atoms with Gasteiger partial charge in [0.25, 0.3) is 0 Å². The van der Waals surface area contributed by atoms with Crippen molar-refractivity contribution in [3.05, 3.63) is 24.3 Å². The van der Waals surface area contributed by atoms with Crippen LogP contribution in [-0.4, -0.2) is 62.8 Å². The van der Waals surface area contributed by atoms with E-state index in [0.29, 0.717) is 19.4 Å². The van der Waals surface area contributed by atoms with E-state index in [9.17, 15) is 9.59 Å². The van der Waals surface area contributed by atoms with Crippen molar-refractivity contribution in [3.63, 3.8) is 0 Å². The molecule has 0 bridgehead atoms. The third kappa shape index (κ3) is 3.55. The van der Waals surface area contributed by atoms with Gasteiger partial charge >= 0.3 is 0 Å². The predicted molar refractivity (Wildman–Crippen MR) is 102 cm³/mol. The van der Waals surface area contributed by atoms with Gasteiger partial charge in [-0.05, 0) is 38.3 Å². The van der Waals surface area contributed by atoms with Gasteiger partial charge in [-0.3, -0.25) is 9.59 Å². The maximum Gasteiger partial charge on any atom is 0.224 e. The van der Waals surface area contributed by atoms with Crippen molar-refractivity contribution in [1.82, 2.24) is 24.8 Å². The highest BCUT2D eigenvalue weighted by atomic mass is 16.2. The molecule has 1 aromatic carbocycles. The first-order valence-electron chi connectivity index (χ1n) is 9.94. The topological polar surface area (TPSA) is 71.3 Å². The van der Waals surface area contributed by atoms with Crippen LogP contribution in [0, 0.1) is 5.41 Å². The second kappa shape index (κ2) is 7.29. The van der Waals surface area contributed by atoms with Gasteiger partial charge in [0.15, 0.2) is 0 Å². The molecule has 2 fully saturated rings. The largest absolute Gasteiger partial charge is 0.342 e. The molecule has 0 aliphatic carbocycles. The third-order valence-electron chi connectivity index (χ3n) is 6.10. The highest BCUT2D eigenvalue weighted by molar-refractivity contribution is 5.78. The Morgan fingerprint density at radius 3 is 2.93 bits per heavy atom. The molecule has 2 aliphatic rings.